The quantitative estimate of drug-likeness (QED) is 0.885. The van der Waals surface area contributed by atoms with Crippen LogP contribution in [0.4, 0.5) is 0 Å². The lowest BCUT2D eigenvalue weighted by Crippen LogP contribution is -2.03. The number of nitrogens with zero attached hydrogens (tertiary/aromatic N) is 2. The van der Waals surface area contributed by atoms with Gasteiger partial charge in [0, 0.05) is 0 Å². The molecule has 0 radical (unpaired) electrons. The van der Waals surface area contributed by atoms with E-state index < -0.39 is 6.10 Å². The van der Waals surface area contributed by atoms with Crippen molar-refractivity contribution in [1.29, 1.82) is 0 Å². The highest BCUT2D eigenvalue weighted by Crippen LogP contribution is 2.31. The SMILES string of the molecule is CCCOc1ccc(C(O)c2snnc2C(C)C)cc1. The Bertz CT molecular complexity index is 537. The molecule has 2 rings (SSSR count). The van der Waals surface area contributed by atoms with Gasteiger partial charge in [-0.2, -0.15) is 0 Å². The molecule has 1 atom stereocenters. The summed E-state index contributed by atoms with van der Waals surface area (Å²) in [6.45, 7) is 6.88. The van der Waals surface area contributed by atoms with Gasteiger partial charge in [-0.15, -0.1) is 5.10 Å². The zero-order valence-electron chi connectivity index (χ0n) is 12.0. The van der Waals surface area contributed by atoms with Crippen LogP contribution in [0.15, 0.2) is 24.3 Å². The average Bonchev–Trinajstić information content (AvgIpc) is 2.94. The van der Waals surface area contributed by atoms with Crippen LogP contribution in [-0.4, -0.2) is 21.3 Å². The lowest BCUT2D eigenvalue weighted by Gasteiger charge is -2.12. The fraction of sp³-hybridized carbons (Fsp3) is 0.467. The molecule has 2 aromatic rings. The molecule has 4 nitrogen and oxygen atoms in total. The number of aromatic nitrogens is 2. The first-order chi connectivity index (χ1) is 9.63. The number of ether oxygens (including phenoxy) is 1. The van der Waals surface area contributed by atoms with E-state index >= 15 is 0 Å². The normalized spacial score (nSPS) is 12.7. The van der Waals surface area contributed by atoms with Gasteiger partial charge in [-0.05, 0) is 41.6 Å². The summed E-state index contributed by atoms with van der Waals surface area (Å²) in [4.78, 5) is 0.822. The van der Waals surface area contributed by atoms with E-state index in [1.807, 2.05) is 24.3 Å². The fourth-order valence-corrected chi connectivity index (χ4v) is 2.73. The van der Waals surface area contributed by atoms with Crippen LogP contribution in [0, 0.1) is 0 Å². The second kappa shape index (κ2) is 6.81. The Morgan fingerprint density at radius 1 is 1.25 bits per heavy atom. The van der Waals surface area contributed by atoms with Gasteiger partial charge in [0.2, 0.25) is 0 Å². The molecule has 1 aromatic heterocycles. The molecule has 108 valence electrons. The van der Waals surface area contributed by atoms with Crippen molar-refractivity contribution in [3.8, 4) is 5.75 Å². The van der Waals surface area contributed by atoms with E-state index in [0.29, 0.717) is 6.61 Å². The van der Waals surface area contributed by atoms with Crippen molar-refractivity contribution in [2.45, 2.75) is 39.2 Å². The van der Waals surface area contributed by atoms with E-state index in [4.69, 9.17) is 4.74 Å². The molecule has 20 heavy (non-hydrogen) atoms. The van der Waals surface area contributed by atoms with Gasteiger partial charge in [-0.25, -0.2) is 0 Å². The molecule has 0 aliphatic rings. The predicted molar refractivity (Wildman–Crippen MR) is 80.3 cm³/mol. The van der Waals surface area contributed by atoms with Gasteiger partial charge in [0.25, 0.3) is 0 Å². The standard InChI is InChI=1S/C15H20N2O2S/c1-4-9-19-12-7-5-11(6-8-12)14(18)15-13(10(2)3)16-17-20-15/h5-8,10,14,18H,4,9H2,1-3H3. The molecule has 0 fully saturated rings. The first-order valence-electron chi connectivity index (χ1n) is 6.86. The molecule has 0 aliphatic carbocycles. The molecule has 0 amide bonds. The van der Waals surface area contributed by atoms with Crippen molar-refractivity contribution >= 4 is 11.5 Å². The third kappa shape index (κ3) is 3.35. The third-order valence-electron chi connectivity index (χ3n) is 3.00. The molecule has 5 heteroatoms. The number of aliphatic hydroxyl groups is 1. The van der Waals surface area contributed by atoms with Crippen LogP contribution in [0.2, 0.25) is 0 Å². The minimum absolute atomic E-state index is 0.255. The van der Waals surface area contributed by atoms with E-state index in [1.54, 1.807) is 0 Å². The Morgan fingerprint density at radius 2 is 1.95 bits per heavy atom. The summed E-state index contributed by atoms with van der Waals surface area (Å²) in [5.41, 5.74) is 1.70. The van der Waals surface area contributed by atoms with Crippen LogP contribution >= 0.6 is 11.5 Å². The molecule has 0 saturated carbocycles. The Morgan fingerprint density at radius 3 is 2.55 bits per heavy atom. The summed E-state index contributed by atoms with van der Waals surface area (Å²) >= 11 is 1.26. The first kappa shape index (κ1) is 14.9. The van der Waals surface area contributed by atoms with Crippen molar-refractivity contribution in [2.24, 2.45) is 0 Å². The Labute approximate surface area is 123 Å². The summed E-state index contributed by atoms with van der Waals surface area (Å²) in [6.07, 6.45) is 0.307. The van der Waals surface area contributed by atoms with Crippen LogP contribution in [0.3, 0.4) is 0 Å². The van der Waals surface area contributed by atoms with Crippen LogP contribution in [0.25, 0.3) is 0 Å². The molecule has 1 aromatic carbocycles. The van der Waals surface area contributed by atoms with Gasteiger partial charge < -0.3 is 9.84 Å². The van der Waals surface area contributed by atoms with E-state index in [1.165, 1.54) is 11.5 Å². The fourth-order valence-electron chi connectivity index (χ4n) is 1.91. The van der Waals surface area contributed by atoms with Gasteiger partial charge in [0.15, 0.2) is 0 Å². The van der Waals surface area contributed by atoms with Crippen LogP contribution in [0.1, 0.15) is 55.3 Å². The Hall–Kier alpha value is -1.46. The van der Waals surface area contributed by atoms with Crippen LogP contribution in [-0.2, 0) is 0 Å². The molecular formula is C15H20N2O2S. The highest BCUT2D eigenvalue weighted by Gasteiger charge is 2.20. The predicted octanol–water partition coefficient (Wildman–Crippen LogP) is 3.53. The Kier molecular flexibility index (Phi) is 5.09. The zero-order chi connectivity index (χ0) is 14.5. The van der Waals surface area contributed by atoms with Crippen molar-refractivity contribution in [1.82, 2.24) is 9.59 Å². The van der Waals surface area contributed by atoms with E-state index in [-0.39, 0.29) is 5.92 Å². The zero-order valence-corrected chi connectivity index (χ0v) is 12.9. The monoisotopic (exact) mass is 292 g/mol. The van der Waals surface area contributed by atoms with E-state index in [0.717, 1.165) is 28.3 Å². The first-order valence-corrected chi connectivity index (χ1v) is 7.63. The number of hydrogen-bond donors (Lipinski definition) is 1. The summed E-state index contributed by atoms with van der Waals surface area (Å²) in [5.74, 6) is 1.08. The number of hydrogen-bond acceptors (Lipinski definition) is 5. The van der Waals surface area contributed by atoms with Crippen LogP contribution < -0.4 is 4.74 Å². The summed E-state index contributed by atoms with van der Waals surface area (Å²) in [7, 11) is 0. The topological polar surface area (TPSA) is 55.2 Å². The van der Waals surface area contributed by atoms with E-state index in [9.17, 15) is 5.11 Å². The third-order valence-corrected chi connectivity index (χ3v) is 3.80. The van der Waals surface area contributed by atoms with Gasteiger partial charge in [0.1, 0.15) is 11.9 Å². The molecule has 0 aliphatic heterocycles. The molecule has 0 saturated heterocycles. The second-order valence-corrected chi connectivity index (χ2v) is 5.78. The summed E-state index contributed by atoms with van der Waals surface area (Å²) in [5, 5.41) is 14.6. The molecule has 1 N–H and O–H groups in total. The van der Waals surface area contributed by atoms with Crippen LogP contribution in [0.5, 0.6) is 5.75 Å². The number of rotatable bonds is 6. The minimum atomic E-state index is -0.673. The van der Waals surface area contributed by atoms with Crippen molar-refractivity contribution < 1.29 is 9.84 Å². The number of benzene rings is 1. The Balaban J connectivity index is 2.16. The van der Waals surface area contributed by atoms with Crippen molar-refractivity contribution in [3.05, 3.63) is 40.4 Å². The molecule has 1 unspecified atom stereocenters. The molecule has 1 heterocycles. The largest absolute Gasteiger partial charge is 0.494 e. The molecular weight excluding hydrogens is 272 g/mol. The lowest BCUT2D eigenvalue weighted by atomic mass is 10.0. The number of aliphatic hydroxyl groups excluding tert-OH is 1. The maximum atomic E-state index is 10.5. The maximum Gasteiger partial charge on any atom is 0.119 e. The molecule has 0 spiro atoms. The highest BCUT2D eigenvalue weighted by molar-refractivity contribution is 7.05. The lowest BCUT2D eigenvalue weighted by molar-refractivity contribution is 0.222. The van der Waals surface area contributed by atoms with E-state index in [2.05, 4.69) is 30.4 Å². The summed E-state index contributed by atoms with van der Waals surface area (Å²) in [6, 6.07) is 7.55. The van der Waals surface area contributed by atoms with Gasteiger partial charge >= 0.3 is 0 Å². The van der Waals surface area contributed by atoms with Crippen molar-refractivity contribution in [2.75, 3.05) is 6.61 Å². The minimum Gasteiger partial charge on any atom is -0.494 e. The average molecular weight is 292 g/mol. The van der Waals surface area contributed by atoms with Gasteiger partial charge in [-0.3, -0.25) is 0 Å². The smallest absolute Gasteiger partial charge is 0.119 e. The van der Waals surface area contributed by atoms with Gasteiger partial charge in [-0.1, -0.05) is 37.4 Å². The van der Waals surface area contributed by atoms with Crippen molar-refractivity contribution in [3.63, 3.8) is 0 Å². The molecule has 0 bridgehead atoms. The summed E-state index contributed by atoms with van der Waals surface area (Å²) < 4.78 is 9.49. The van der Waals surface area contributed by atoms with Gasteiger partial charge in [0.05, 0.1) is 17.2 Å². The highest BCUT2D eigenvalue weighted by atomic mass is 32.1. The second-order valence-electron chi connectivity index (χ2n) is 5.00. The maximum absolute atomic E-state index is 10.5.